The van der Waals surface area contributed by atoms with Crippen molar-refractivity contribution in [2.75, 3.05) is 12.8 Å². The van der Waals surface area contributed by atoms with Crippen LogP contribution >= 0.6 is 23.4 Å². The summed E-state index contributed by atoms with van der Waals surface area (Å²) < 4.78 is 5.82. The molecule has 2 fully saturated rings. The molecule has 0 saturated carbocycles. The maximum absolute atomic E-state index is 13.0. The third-order valence-electron chi connectivity index (χ3n) is 6.29. The average Bonchev–Trinajstić information content (AvgIpc) is 2.74. The molecule has 2 aliphatic rings. The number of carbonyl (C=O) groups excluding carboxylic acids is 1. The summed E-state index contributed by atoms with van der Waals surface area (Å²) >= 11 is 7.59. The van der Waals surface area contributed by atoms with Crippen molar-refractivity contribution in [2.45, 2.75) is 106 Å². The van der Waals surface area contributed by atoms with Crippen LogP contribution in [0.4, 0.5) is 0 Å². The second-order valence-electron chi connectivity index (χ2n) is 8.63. The van der Waals surface area contributed by atoms with E-state index in [1.54, 1.807) is 13.2 Å². The highest BCUT2D eigenvalue weighted by Crippen LogP contribution is 2.30. The molecular formula is C21H39ClN2O5S. The molecule has 5 N–H and O–H groups in total. The quantitative estimate of drug-likeness (QED) is 0.245. The number of thioether (sulfide) groups is 1. The van der Waals surface area contributed by atoms with Gasteiger partial charge >= 0.3 is 0 Å². The Morgan fingerprint density at radius 2 is 1.97 bits per heavy atom. The topological polar surface area (TPSA) is 111 Å². The van der Waals surface area contributed by atoms with Crippen LogP contribution in [0.3, 0.4) is 0 Å². The number of aliphatic hydroxyl groups excluding tert-OH is 3. The predicted molar refractivity (Wildman–Crippen MR) is 121 cm³/mol. The third-order valence-corrected chi connectivity index (χ3v) is 7.42. The number of ether oxygens (including phenoxy) is 1. The minimum absolute atomic E-state index is 0.164. The highest BCUT2D eigenvalue weighted by molar-refractivity contribution is 7.99. The van der Waals surface area contributed by atoms with E-state index in [4.69, 9.17) is 16.3 Å². The minimum atomic E-state index is -1.36. The van der Waals surface area contributed by atoms with Gasteiger partial charge in [0, 0.05) is 0 Å². The Hall–Kier alpha value is -0.0900. The molecule has 0 radical (unpaired) electrons. The molecule has 2 rings (SSSR count). The Morgan fingerprint density at radius 1 is 1.23 bits per heavy atom. The Balaban J connectivity index is 1.97. The number of alkyl halides is 1. The molecule has 0 aromatic carbocycles. The normalized spacial score (nSPS) is 36.8. The van der Waals surface area contributed by atoms with Crippen molar-refractivity contribution >= 4 is 29.3 Å². The zero-order chi connectivity index (χ0) is 22.3. The number of carbonyl (C=O) groups is 1. The number of hydrogen-bond acceptors (Lipinski definition) is 7. The number of nitrogens with one attached hydrogen (secondary N) is 2. The number of piperidine rings is 1. The lowest BCUT2D eigenvalue weighted by Gasteiger charge is -2.44. The largest absolute Gasteiger partial charge is 0.388 e. The molecule has 0 aromatic rings. The van der Waals surface area contributed by atoms with Gasteiger partial charge in [-0.3, -0.25) is 4.79 Å². The fraction of sp³-hybridized carbons (Fsp3) is 0.952. The van der Waals surface area contributed by atoms with Crippen LogP contribution in [0, 0.1) is 5.92 Å². The van der Waals surface area contributed by atoms with Gasteiger partial charge in [-0.1, -0.05) is 39.0 Å². The first kappa shape index (κ1) is 26.2. The summed E-state index contributed by atoms with van der Waals surface area (Å²) in [7, 11) is 0. The lowest BCUT2D eigenvalue weighted by Crippen LogP contribution is -2.65. The van der Waals surface area contributed by atoms with Crippen molar-refractivity contribution in [1.29, 1.82) is 0 Å². The maximum atomic E-state index is 13.0. The van der Waals surface area contributed by atoms with E-state index in [9.17, 15) is 20.1 Å². The highest BCUT2D eigenvalue weighted by atomic mass is 35.5. The zero-order valence-electron chi connectivity index (χ0n) is 18.3. The van der Waals surface area contributed by atoms with Gasteiger partial charge in [0.2, 0.25) is 5.91 Å². The van der Waals surface area contributed by atoms with Gasteiger partial charge in [-0.15, -0.1) is 23.4 Å². The molecule has 0 aromatic heterocycles. The van der Waals surface area contributed by atoms with Gasteiger partial charge < -0.3 is 30.7 Å². The van der Waals surface area contributed by atoms with Crippen LogP contribution in [-0.4, -0.2) is 81.3 Å². The molecule has 0 spiro atoms. The summed E-state index contributed by atoms with van der Waals surface area (Å²) in [6.45, 7) is 4.73. The van der Waals surface area contributed by atoms with Crippen molar-refractivity contribution in [3.63, 3.8) is 0 Å². The molecule has 176 valence electrons. The average molecular weight is 467 g/mol. The first-order valence-corrected chi connectivity index (χ1v) is 12.9. The maximum Gasteiger partial charge on any atom is 0.237 e. The Kier molecular flexibility index (Phi) is 11.2. The summed E-state index contributed by atoms with van der Waals surface area (Å²) in [5.74, 6) is 0.364. The summed E-state index contributed by atoms with van der Waals surface area (Å²) in [6.07, 6.45) is 4.84. The van der Waals surface area contributed by atoms with Gasteiger partial charge in [-0.05, 0) is 38.5 Å². The second-order valence-corrected chi connectivity index (χ2v) is 10.3. The van der Waals surface area contributed by atoms with Crippen LogP contribution in [0.2, 0.25) is 0 Å². The number of halogens is 1. The summed E-state index contributed by atoms with van der Waals surface area (Å²) in [5.41, 5.74) is -0.705. The Labute approximate surface area is 189 Å². The van der Waals surface area contributed by atoms with Gasteiger partial charge in [0.15, 0.2) is 0 Å². The molecule has 2 saturated heterocycles. The van der Waals surface area contributed by atoms with Crippen molar-refractivity contribution in [2.24, 2.45) is 5.92 Å². The van der Waals surface area contributed by atoms with Gasteiger partial charge in [0.05, 0.1) is 17.5 Å². The van der Waals surface area contributed by atoms with E-state index in [0.29, 0.717) is 5.92 Å². The fourth-order valence-electron chi connectivity index (χ4n) is 4.41. The third kappa shape index (κ3) is 6.95. The van der Waals surface area contributed by atoms with Crippen LogP contribution in [0.5, 0.6) is 0 Å². The number of aliphatic hydroxyl groups is 3. The highest BCUT2D eigenvalue weighted by Gasteiger charge is 2.48. The molecule has 2 aliphatic heterocycles. The van der Waals surface area contributed by atoms with Crippen molar-refractivity contribution in [3.05, 3.63) is 0 Å². The first-order chi connectivity index (χ1) is 14.3. The molecule has 2 heterocycles. The minimum Gasteiger partial charge on any atom is -0.388 e. The standard InChI is InChI=1S/C21H39ClN2O5S/c1-4-5-6-7-8-13-9-10-23-14(11-13)20(28)24-15(12(2)22)19-17(26)16(25)18(27)21(29-19)30-3/h12-19,21,23,25-27H,4-11H2,1-3H3,(H,24,28)/t12?,13-,14+,15?,16?,17?,18?,19?,21?/m1/s1. The summed E-state index contributed by atoms with van der Waals surface area (Å²) in [6, 6.07) is -1.00. The Morgan fingerprint density at radius 3 is 2.60 bits per heavy atom. The van der Waals surface area contributed by atoms with Crippen LogP contribution in [0.1, 0.15) is 58.8 Å². The van der Waals surface area contributed by atoms with Crippen LogP contribution in [-0.2, 0) is 9.53 Å². The Bertz CT molecular complexity index is 528. The molecule has 0 bridgehead atoms. The number of hydrogen-bond donors (Lipinski definition) is 5. The lowest BCUT2D eigenvalue weighted by molar-refractivity contribution is -0.205. The fourth-order valence-corrected chi connectivity index (χ4v) is 5.29. The predicted octanol–water partition coefficient (Wildman–Crippen LogP) is 1.61. The molecule has 7 unspecified atom stereocenters. The van der Waals surface area contributed by atoms with Crippen molar-refractivity contribution in [3.8, 4) is 0 Å². The van der Waals surface area contributed by atoms with Gasteiger partial charge in [-0.25, -0.2) is 0 Å². The van der Waals surface area contributed by atoms with E-state index in [2.05, 4.69) is 17.6 Å². The van der Waals surface area contributed by atoms with Crippen LogP contribution < -0.4 is 10.6 Å². The number of rotatable bonds is 10. The van der Waals surface area contributed by atoms with Gasteiger partial charge in [-0.2, -0.15) is 0 Å². The number of amides is 1. The van der Waals surface area contributed by atoms with E-state index in [1.807, 2.05) is 0 Å². The van der Waals surface area contributed by atoms with E-state index >= 15 is 0 Å². The van der Waals surface area contributed by atoms with Crippen molar-refractivity contribution in [1.82, 2.24) is 10.6 Å². The SMILES string of the molecule is CCCCCC[C@@H]1CCN[C@H](C(=O)NC(C(C)Cl)C2OC(SC)C(O)C(O)C2O)C1. The first-order valence-electron chi connectivity index (χ1n) is 11.2. The monoisotopic (exact) mass is 466 g/mol. The van der Waals surface area contributed by atoms with Crippen LogP contribution in [0.25, 0.3) is 0 Å². The number of unbranched alkanes of at least 4 members (excludes halogenated alkanes) is 3. The summed E-state index contributed by atoms with van der Waals surface area (Å²) in [5, 5.41) is 36.5. The van der Waals surface area contributed by atoms with E-state index in [1.165, 1.54) is 37.4 Å². The molecular weight excluding hydrogens is 428 g/mol. The smallest absolute Gasteiger partial charge is 0.237 e. The molecule has 0 aliphatic carbocycles. The van der Waals surface area contributed by atoms with E-state index in [0.717, 1.165) is 25.8 Å². The molecule has 7 nitrogen and oxygen atoms in total. The summed E-state index contributed by atoms with van der Waals surface area (Å²) in [4.78, 5) is 13.0. The van der Waals surface area contributed by atoms with E-state index in [-0.39, 0.29) is 11.9 Å². The van der Waals surface area contributed by atoms with Crippen molar-refractivity contribution < 1.29 is 24.9 Å². The lowest BCUT2D eigenvalue weighted by atomic mass is 9.87. The van der Waals surface area contributed by atoms with Gasteiger partial charge in [0.25, 0.3) is 0 Å². The zero-order valence-corrected chi connectivity index (χ0v) is 19.9. The molecule has 30 heavy (non-hydrogen) atoms. The molecule has 9 heteroatoms. The molecule has 9 atom stereocenters. The van der Waals surface area contributed by atoms with E-state index < -0.39 is 41.3 Å². The van der Waals surface area contributed by atoms with Crippen LogP contribution in [0.15, 0.2) is 0 Å². The van der Waals surface area contributed by atoms with Gasteiger partial charge in [0.1, 0.15) is 29.9 Å². The molecule has 1 amide bonds. The second kappa shape index (κ2) is 12.8.